The number of carbonyl (C=O) groups excluding carboxylic acids is 2. The minimum Gasteiger partial charge on any atom is -0.291 e. The predicted molar refractivity (Wildman–Crippen MR) is 84.2 cm³/mol. The zero-order valence-electron chi connectivity index (χ0n) is 12.4. The summed E-state index contributed by atoms with van der Waals surface area (Å²) in [5.41, 5.74) is 0.790. The molecule has 1 aliphatic heterocycles. The molecule has 2 amide bonds. The zero-order valence-corrected chi connectivity index (χ0v) is 13.3. The Labute approximate surface area is 128 Å². The fraction of sp³-hybridized carbons (Fsp3) is 0.250. The molecule has 5 nitrogen and oxygen atoms in total. The van der Waals surface area contributed by atoms with E-state index in [4.69, 9.17) is 4.62 Å². The molecule has 1 aliphatic rings. The maximum absolute atomic E-state index is 12.6. The molecule has 6 heteroatoms. The van der Waals surface area contributed by atoms with Crippen LogP contribution in [-0.4, -0.2) is 29.2 Å². The number of hydrogen-bond donors (Lipinski definition) is 0. The highest BCUT2D eigenvalue weighted by Crippen LogP contribution is 2.48. The maximum atomic E-state index is 12.6. The third-order valence-corrected chi connectivity index (χ3v) is 6.32. The van der Waals surface area contributed by atoms with Gasteiger partial charge in [-0.15, -0.1) is 5.06 Å². The number of benzene rings is 2. The van der Waals surface area contributed by atoms with E-state index >= 15 is 0 Å². The van der Waals surface area contributed by atoms with Gasteiger partial charge in [0.1, 0.15) is 0 Å². The van der Waals surface area contributed by atoms with Crippen molar-refractivity contribution < 1.29 is 18.8 Å². The molecule has 0 fully saturated rings. The van der Waals surface area contributed by atoms with Crippen molar-refractivity contribution in [2.75, 3.05) is 12.3 Å². The SMILES string of the molecule is CCP(=O)(CC)ON1C(=O)c2cccc3cccc(c23)C1=O. The van der Waals surface area contributed by atoms with Crippen molar-refractivity contribution in [3.05, 3.63) is 47.5 Å². The number of nitrogens with zero attached hydrogens (tertiary/aromatic N) is 1. The van der Waals surface area contributed by atoms with Gasteiger partial charge in [-0.2, -0.15) is 0 Å². The Bertz CT molecular complexity index is 771. The molecule has 0 spiro atoms. The van der Waals surface area contributed by atoms with E-state index in [1.807, 2.05) is 12.1 Å². The summed E-state index contributed by atoms with van der Waals surface area (Å²) >= 11 is 0. The number of imide groups is 1. The van der Waals surface area contributed by atoms with Gasteiger partial charge >= 0.3 is 0 Å². The summed E-state index contributed by atoms with van der Waals surface area (Å²) in [6, 6.07) is 10.5. The second-order valence-electron chi connectivity index (χ2n) is 5.14. The minimum absolute atomic E-state index is 0.270. The van der Waals surface area contributed by atoms with E-state index in [0.717, 1.165) is 5.39 Å². The number of hydrogen-bond acceptors (Lipinski definition) is 4. The van der Waals surface area contributed by atoms with Gasteiger partial charge in [0.25, 0.3) is 11.8 Å². The Morgan fingerprint density at radius 3 is 1.91 bits per heavy atom. The van der Waals surface area contributed by atoms with E-state index in [2.05, 4.69) is 0 Å². The van der Waals surface area contributed by atoms with E-state index < -0.39 is 19.2 Å². The van der Waals surface area contributed by atoms with Crippen LogP contribution in [0.3, 0.4) is 0 Å². The van der Waals surface area contributed by atoms with Gasteiger partial charge in [0.05, 0.1) is 11.1 Å². The molecule has 0 saturated carbocycles. The van der Waals surface area contributed by atoms with Gasteiger partial charge in [0, 0.05) is 17.7 Å². The Kier molecular flexibility index (Phi) is 3.63. The quantitative estimate of drug-likeness (QED) is 0.637. The average molecular weight is 317 g/mol. The molecule has 0 radical (unpaired) electrons. The number of rotatable bonds is 4. The largest absolute Gasteiger partial charge is 0.291 e. The van der Waals surface area contributed by atoms with E-state index in [9.17, 15) is 14.2 Å². The van der Waals surface area contributed by atoms with Crippen molar-refractivity contribution in [2.24, 2.45) is 0 Å². The van der Waals surface area contributed by atoms with Crippen LogP contribution in [0.2, 0.25) is 0 Å². The molecule has 22 heavy (non-hydrogen) atoms. The second kappa shape index (κ2) is 5.34. The third kappa shape index (κ3) is 2.18. The molecule has 0 aliphatic carbocycles. The highest BCUT2D eigenvalue weighted by Gasteiger charge is 2.37. The lowest BCUT2D eigenvalue weighted by molar-refractivity contribution is -0.0176. The highest BCUT2D eigenvalue weighted by atomic mass is 31.2. The topological polar surface area (TPSA) is 63.7 Å². The summed E-state index contributed by atoms with van der Waals surface area (Å²) in [5, 5.41) is 2.12. The van der Waals surface area contributed by atoms with Gasteiger partial charge in [-0.05, 0) is 17.5 Å². The van der Waals surface area contributed by atoms with Crippen molar-refractivity contribution in [3.63, 3.8) is 0 Å². The molecular weight excluding hydrogens is 301 g/mol. The molecule has 3 rings (SSSR count). The molecule has 2 aromatic carbocycles. The molecule has 114 valence electrons. The van der Waals surface area contributed by atoms with Crippen molar-refractivity contribution >= 4 is 30.0 Å². The molecular formula is C16H16NO4P. The first-order valence-electron chi connectivity index (χ1n) is 7.19. The Morgan fingerprint density at radius 2 is 1.45 bits per heavy atom. The van der Waals surface area contributed by atoms with Crippen LogP contribution in [0.4, 0.5) is 0 Å². The summed E-state index contributed by atoms with van der Waals surface area (Å²) in [6.45, 7) is 3.44. The summed E-state index contributed by atoms with van der Waals surface area (Å²) in [6.07, 6.45) is 0.540. The molecule has 0 unspecified atom stereocenters. The Hall–Kier alpha value is -1.97. The van der Waals surface area contributed by atoms with E-state index in [1.165, 1.54) is 0 Å². The first kappa shape index (κ1) is 14.9. The van der Waals surface area contributed by atoms with E-state index in [0.29, 0.717) is 21.6 Å². The summed E-state index contributed by atoms with van der Waals surface area (Å²) in [4.78, 5) is 25.2. The summed E-state index contributed by atoms with van der Waals surface area (Å²) in [5.74, 6) is -1.12. The van der Waals surface area contributed by atoms with Gasteiger partial charge in [0.2, 0.25) is 7.37 Å². The minimum atomic E-state index is -3.03. The number of hydroxylamine groups is 2. The molecule has 0 aromatic heterocycles. The second-order valence-corrected chi connectivity index (χ2v) is 8.20. The van der Waals surface area contributed by atoms with Crippen LogP contribution in [0.15, 0.2) is 36.4 Å². The number of amides is 2. The first-order valence-corrected chi connectivity index (χ1v) is 9.18. The summed E-state index contributed by atoms with van der Waals surface area (Å²) in [7, 11) is -3.03. The molecule has 0 bridgehead atoms. The fourth-order valence-corrected chi connectivity index (χ4v) is 3.69. The lowest BCUT2D eigenvalue weighted by Gasteiger charge is -2.28. The lowest BCUT2D eigenvalue weighted by Crippen LogP contribution is -2.39. The lowest BCUT2D eigenvalue weighted by atomic mass is 9.95. The Morgan fingerprint density at radius 1 is 0.955 bits per heavy atom. The standard InChI is InChI=1S/C16H16NO4P/c1-3-22(20,4-2)21-17-15(18)12-9-5-7-11-8-6-10-13(14(11)12)16(17)19/h5-10H,3-4H2,1-2H3. The van der Waals surface area contributed by atoms with Gasteiger partial charge in [-0.1, -0.05) is 38.1 Å². The first-order chi connectivity index (χ1) is 10.5. The van der Waals surface area contributed by atoms with Crippen LogP contribution in [0.25, 0.3) is 10.8 Å². The maximum Gasteiger partial charge on any atom is 0.286 e. The van der Waals surface area contributed by atoms with Crippen LogP contribution < -0.4 is 0 Å². The molecule has 2 aromatic rings. The third-order valence-electron chi connectivity index (χ3n) is 3.93. The van der Waals surface area contributed by atoms with Crippen molar-refractivity contribution in [1.29, 1.82) is 0 Å². The van der Waals surface area contributed by atoms with Gasteiger partial charge < -0.3 is 0 Å². The van der Waals surface area contributed by atoms with Gasteiger partial charge in [0.15, 0.2) is 0 Å². The van der Waals surface area contributed by atoms with Crippen molar-refractivity contribution in [1.82, 2.24) is 5.06 Å². The molecule has 0 saturated heterocycles. The summed E-state index contributed by atoms with van der Waals surface area (Å²) < 4.78 is 17.9. The monoisotopic (exact) mass is 317 g/mol. The highest BCUT2D eigenvalue weighted by molar-refractivity contribution is 7.58. The fourth-order valence-electron chi connectivity index (χ4n) is 2.57. The Balaban J connectivity index is 2.14. The van der Waals surface area contributed by atoms with Crippen LogP contribution in [0, 0.1) is 0 Å². The van der Waals surface area contributed by atoms with Gasteiger partial charge in [-0.3, -0.25) is 14.2 Å². The van der Waals surface area contributed by atoms with Crippen LogP contribution >= 0.6 is 7.37 Å². The van der Waals surface area contributed by atoms with Crippen LogP contribution in [0.1, 0.15) is 34.6 Å². The average Bonchev–Trinajstić information content (AvgIpc) is 2.56. The smallest absolute Gasteiger partial charge is 0.286 e. The van der Waals surface area contributed by atoms with E-state index in [-0.39, 0.29) is 12.3 Å². The zero-order chi connectivity index (χ0) is 15.9. The normalized spacial score (nSPS) is 14.7. The number of carbonyl (C=O) groups is 2. The van der Waals surface area contributed by atoms with Crippen molar-refractivity contribution in [2.45, 2.75) is 13.8 Å². The van der Waals surface area contributed by atoms with Gasteiger partial charge in [-0.25, -0.2) is 4.62 Å². The van der Waals surface area contributed by atoms with Crippen molar-refractivity contribution in [3.8, 4) is 0 Å². The molecule has 1 heterocycles. The molecule has 0 atom stereocenters. The predicted octanol–water partition coefficient (Wildman–Crippen LogP) is 3.69. The van der Waals surface area contributed by atoms with Crippen LogP contribution in [0.5, 0.6) is 0 Å². The van der Waals surface area contributed by atoms with E-state index in [1.54, 1.807) is 38.1 Å². The molecule has 0 N–H and O–H groups in total. The van der Waals surface area contributed by atoms with Crippen LogP contribution in [-0.2, 0) is 9.19 Å².